The van der Waals surface area contributed by atoms with Crippen molar-refractivity contribution in [3.63, 3.8) is 0 Å². The van der Waals surface area contributed by atoms with Crippen LogP contribution in [-0.2, 0) is 11.3 Å². The van der Waals surface area contributed by atoms with E-state index in [9.17, 15) is 24.2 Å². The number of para-hydroxylation sites is 1. The van der Waals surface area contributed by atoms with Crippen LogP contribution < -0.4 is 4.74 Å². The summed E-state index contributed by atoms with van der Waals surface area (Å²) in [6.07, 6.45) is 1.49. The molecule has 0 bridgehead atoms. The van der Waals surface area contributed by atoms with Crippen LogP contribution in [0.4, 0.5) is 4.39 Å². The minimum Gasteiger partial charge on any atom is -0.494 e. The highest BCUT2D eigenvalue weighted by Gasteiger charge is 2.17. The second-order valence-electron chi connectivity index (χ2n) is 5.92. The van der Waals surface area contributed by atoms with E-state index >= 15 is 0 Å². The van der Waals surface area contributed by atoms with Crippen LogP contribution in [-0.4, -0.2) is 33.2 Å². The molecule has 9 heteroatoms. The molecule has 0 unspecified atom stereocenters. The summed E-state index contributed by atoms with van der Waals surface area (Å²) < 4.78 is 19.6. The number of carbonyl (C=O) groups is 2. The van der Waals surface area contributed by atoms with Gasteiger partial charge in [-0.05, 0) is 30.3 Å². The number of hydrogen-bond acceptors (Lipinski definition) is 5. The third-order valence-corrected chi connectivity index (χ3v) is 4.01. The van der Waals surface area contributed by atoms with Crippen molar-refractivity contribution in [1.82, 2.24) is 4.57 Å². The molecule has 0 fully saturated rings. The van der Waals surface area contributed by atoms with E-state index in [1.807, 2.05) is 0 Å². The number of azo groups is 1. The number of halogens is 1. The van der Waals surface area contributed by atoms with Crippen molar-refractivity contribution < 1.29 is 28.9 Å². The molecular formula is C20H16FN3O5. The SMILES string of the molecule is C=CCn1c(O)c2ccc(C(=O)N=NC(=O)COc3ccccc3F)cc2c1O. The molecule has 2 amide bonds. The number of aromatic hydroxyl groups is 2. The highest BCUT2D eigenvalue weighted by atomic mass is 19.1. The number of amides is 2. The fourth-order valence-electron chi connectivity index (χ4n) is 2.64. The summed E-state index contributed by atoms with van der Waals surface area (Å²) in [4.78, 5) is 23.9. The molecule has 2 aromatic carbocycles. The fourth-order valence-corrected chi connectivity index (χ4v) is 2.64. The van der Waals surface area contributed by atoms with Gasteiger partial charge in [0.05, 0.1) is 0 Å². The highest BCUT2D eigenvalue weighted by Crippen LogP contribution is 2.36. The van der Waals surface area contributed by atoms with Gasteiger partial charge in [0.2, 0.25) is 11.8 Å². The molecular weight excluding hydrogens is 381 g/mol. The lowest BCUT2D eigenvalue weighted by molar-refractivity contribution is -0.120. The van der Waals surface area contributed by atoms with E-state index in [-0.39, 0.29) is 35.0 Å². The second kappa shape index (κ2) is 8.34. The lowest BCUT2D eigenvalue weighted by atomic mass is 10.1. The predicted octanol–water partition coefficient (Wildman–Crippen LogP) is 3.58. The summed E-state index contributed by atoms with van der Waals surface area (Å²) in [6.45, 7) is 3.13. The Labute approximate surface area is 164 Å². The predicted molar refractivity (Wildman–Crippen MR) is 102 cm³/mol. The Balaban J connectivity index is 1.72. The average molecular weight is 397 g/mol. The first kappa shape index (κ1) is 19.7. The van der Waals surface area contributed by atoms with E-state index in [4.69, 9.17) is 4.74 Å². The van der Waals surface area contributed by atoms with E-state index < -0.39 is 24.2 Å². The third kappa shape index (κ3) is 4.13. The number of nitrogens with zero attached hydrogens (tertiary/aromatic N) is 3. The smallest absolute Gasteiger partial charge is 0.302 e. The lowest BCUT2D eigenvalue weighted by Gasteiger charge is -2.03. The molecule has 0 spiro atoms. The molecule has 2 N–H and O–H groups in total. The molecule has 0 aliphatic carbocycles. The molecule has 0 aliphatic rings. The fraction of sp³-hybridized carbons (Fsp3) is 0.100. The van der Waals surface area contributed by atoms with Crippen LogP contribution in [0.3, 0.4) is 0 Å². The first-order valence-electron chi connectivity index (χ1n) is 8.43. The topological polar surface area (TPSA) is 113 Å². The van der Waals surface area contributed by atoms with Crippen LogP contribution >= 0.6 is 0 Å². The van der Waals surface area contributed by atoms with Gasteiger partial charge in [-0.3, -0.25) is 14.2 Å². The molecule has 0 saturated heterocycles. The van der Waals surface area contributed by atoms with Crippen molar-refractivity contribution in [1.29, 1.82) is 0 Å². The van der Waals surface area contributed by atoms with Crippen LogP contribution in [0.2, 0.25) is 0 Å². The van der Waals surface area contributed by atoms with E-state index in [0.717, 1.165) is 0 Å². The summed E-state index contributed by atoms with van der Waals surface area (Å²) in [5.41, 5.74) is 0.0510. The van der Waals surface area contributed by atoms with E-state index in [0.29, 0.717) is 5.39 Å². The van der Waals surface area contributed by atoms with Crippen molar-refractivity contribution in [2.24, 2.45) is 10.2 Å². The number of benzene rings is 2. The average Bonchev–Trinajstić information content (AvgIpc) is 2.96. The van der Waals surface area contributed by atoms with Gasteiger partial charge in [-0.1, -0.05) is 18.2 Å². The second-order valence-corrected chi connectivity index (χ2v) is 5.92. The molecule has 0 saturated carbocycles. The number of aromatic nitrogens is 1. The molecule has 29 heavy (non-hydrogen) atoms. The number of ether oxygens (including phenoxy) is 1. The lowest BCUT2D eigenvalue weighted by Crippen LogP contribution is -2.09. The van der Waals surface area contributed by atoms with Gasteiger partial charge in [0.15, 0.2) is 18.2 Å². The monoisotopic (exact) mass is 397 g/mol. The van der Waals surface area contributed by atoms with Gasteiger partial charge < -0.3 is 14.9 Å². The standard InChI is InChI=1S/C20H16FN3O5/c1-2-9-24-19(27)13-8-7-12(10-14(13)20(24)28)18(26)23-22-17(25)11-29-16-6-4-3-5-15(16)21/h2-8,10,27-28H,1,9,11H2. The molecule has 8 nitrogen and oxygen atoms in total. The summed E-state index contributed by atoms with van der Waals surface area (Å²) in [6, 6.07) is 9.68. The molecule has 3 aromatic rings. The van der Waals surface area contributed by atoms with Gasteiger partial charge in [0, 0.05) is 22.9 Å². The van der Waals surface area contributed by atoms with Crippen LogP contribution in [0.15, 0.2) is 65.3 Å². The van der Waals surface area contributed by atoms with Crippen molar-refractivity contribution in [3.8, 4) is 17.5 Å². The van der Waals surface area contributed by atoms with Crippen LogP contribution in [0, 0.1) is 5.82 Å². The summed E-state index contributed by atoms with van der Waals surface area (Å²) in [5, 5.41) is 27.5. The van der Waals surface area contributed by atoms with E-state index in [2.05, 4.69) is 16.8 Å². The van der Waals surface area contributed by atoms with Crippen LogP contribution in [0.5, 0.6) is 17.5 Å². The van der Waals surface area contributed by atoms with Crippen LogP contribution in [0.1, 0.15) is 10.4 Å². The van der Waals surface area contributed by atoms with Gasteiger partial charge in [-0.25, -0.2) is 4.39 Å². The van der Waals surface area contributed by atoms with Gasteiger partial charge >= 0.3 is 5.91 Å². The number of rotatable bonds is 6. The molecule has 0 atom stereocenters. The van der Waals surface area contributed by atoms with Crippen molar-refractivity contribution in [3.05, 3.63) is 66.5 Å². The Hall–Kier alpha value is -4.01. The maximum atomic E-state index is 13.4. The molecule has 1 heterocycles. The maximum absolute atomic E-state index is 13.4. The van der Waals surface area contributed by atoms with Gasteiger partial charge in [-0.15, -0.1) is 16.8 Å². The van der Waals surface area contributed by atoms with Crippen molar-refractivity contribution >= 4 is 22.6 Å². The van der Waals surface area contributed by atoms with Crippen molar-refractivity contribution in [2.75, 3.05) is 6.61 Å². The molecule has 1 aromatic heterocycles. The first-order valence-corrected chi connectivity index (χ1v) is 8.43. The van der Waals surface area contributed by atoms with E-state index in [1.165, 1.54) is 47.0 Å². The normalized spacial score (nSPS) is 11.1. The largest absolute Gasteiger partial charge is 0.494 e. The zero-order valence-electron chi connectivity index (χ0n) is 15.1. The number of fused-ring (bicyclic) bond motifs is 1. The van der Waals surface area contributed by atoms with Gasteiger partial charge in [0.25, 0.3) is 5.91 Å². The van der Waals surface area contributed by atoms with Crippen molar-refractivity contribution in [2.45, 2.75) is 6.54 Å². The third-order valence-electron chi connectivity index (χ3n) is 4.01. The number of carbonyl (C=O) groups excluding carboxylic acids is 2. The number of allylic oxidation sites excluding steroid dienone is 1. The highest BCUT2D eigenvalue weighted by molar-refractivity contribution is 6.02. The first-order chi connectivity index (χ1) is 13.9. The molecule has 0 radical (unpaired) electrons. The molecule has 0 aliphatic heterocycles. The zero-order chi connectivity index (χ0) is 21.0. The Morgan fingerprint density at radius 2 is 1.83 bits per heavy atom. The summed E-state index contributed by atoms with van der Waals surface area (Å²) in [7, 11) is 0. The Kier molecular flexibility index (Phi) is 5.68. The number of hydrogen-bond donors (Lipinski definition) is 2. The summed E-state index contributed by atoms with van der Waals surface area (Å²) in [5.74, 6) is -2.86. The van der Waals surface area contributed by atoms with Gasteiger partial charge in [-0.2, -0.15) is 0 Å². The minimum atomic E-state index is -0.875. The minimum absolute atomic E-state index is 0.0510. The van der Waals surface area contributed by atoms with E-state index in [1.54, 1.807) is 6.07 Å². The molecule has 3 rings (SSSR count). The molecule has 148 valence electrons. The van der Waals surface area contributed by atoms with Crippen LogP contribution in [0.25, 0.3) is 10.8 Å². The summed E-state index contributed by atoms with van der Waals surface area (Å²) >= 11 is 0. The Morgan fingerprint density at radius 3 is 2.55 bits per heavy atom. The Bertz CT molecular complexity index is 1140. The quantitative estimate of drug-likeness (QED) is 0.488. The van der Waals surface area contributed by atoms with Gasteiger partial charge in [0.1, 0.15) is 0 Å². The maximum Gasteiger partial charge on any atom is 0.302 e. The zero-order valence-corrected chi connectivity index (χ0v) is 15.1. The Morgan fingerprint density at radius 1 is 1.10 bits per heavy atom.